The third-order valence-electron chi connectivity index (χ3n) is 3.60. The van der Waals surface area contributed by atoms with Crippen molar-refractivity contribution < 1.29 is 9.31 Å². The Morgan fingerprint density at radius 3 is 2.72 bits per heavy atom. The van der Waals surface area contributed by atoms with Crippen molar-refractivity contribution in [1.82, 2.24) is 0 Å². The fraction of sp³-hybridized carbons (Fsp3) is 0.500. The van der Waals surface area contributed by atoms with Gasteiger partial charge >= 0.3 is 0 Å². The predicted molar refractivity (Wildman–Crippen MR) is 71.2 cm³/mol. The van der Waals surface area contributed by atoms with Gasteiger partial charge in [-0.2, -0.15) is 0 Å². The summed E-state index contributed by atoms with van der Waals surface area (Å²) in [5, 5.41) is 14.0. The van der Waals surface area contributed by atoms with Crippen molar-refractivity contribution in [3.63, 3.8) is 0 Å². The summed E-state index contributed by atoms with van der Waals surface area (Å²) in [6.07, 6.45) is 3.34. The van der Waals surface area contributed by atoms with Crippen molar-refractivity contribution in [3.05, 3.63) is 32.5 Å². The van der Waals surface area contributed by atoms with E-state index < -0.39 is 10.7 Å². The van der Waals surface area contributed by atoms with Crippen molar-refractivity contribution in [3.8, 4) is 0 Å². The van der Waals surface area contributed by atoms with Gasteiger partial charge in [0.2, 0.25) is 0 Å². The van der Waals surface area contributed by atoms with Gasteiger partial charge in [-0.15, -0.1) is 0 Å². The highest BCUT2D eigenvalue weighted by molar-refractivity contribution is 9.10. The third-order valence-corrected chi connectivity index (χ3v) is 4.20. The molecular formula is C12H14BrFN2O2. The molecule has 1 fully saturated rings. The summed E-state index contributed by atoms with van der Waals surface area (Å²) in [6.45, 7) is 2.81. The van der Waals surface area contributed by atoms with E-state index in [9.17, 15) is 14.5 Å². The lowest BCUT2D eigenvalue weighted by atomic mass is 10.0. The smallest absolute Gasteiger partial charge is 0.295 e. The van der Waals surface area contributed by atoms with Crippen LogP contribution in [0.5, 0.6) is 0 Å². The number of hydrogen-bond acceptors (Lipinski definition) is 3. The van der Waals surface area contributed by atoms with Gasteiger partial charge in [0.15, 0.2) is 0 Å². The minimum absolute atomic E-state index is 0.220. The average molecular weight is 317 g/mol. The Morgan fingerprint density at radius 2 is 2.22 bits per heavy atom. The van der Waals surface area contributed by atoms with Gasteiger partial charge in [-0.05, 0) is 46.7 Å². The third kappa shape index (κ3) is 2.63. The summed E-state index contributed by atoms with van der Waals surface area (Å²) >= 11 is 3.04. The number of rotatable bonds is 5. The number of nitro benzene ring substituents is 1. The maximum absolute atomic E-state index is 13.3. The van der Waals surface area contributed by atoms with Gasteiger partial charge in [-0.3, -0.25) is 10.1 Å². The van der Waals surface area contributed by atoms with E-state index in [0.717, 1.165) is 25.3 Å². The molecule has 1 saturated carbocycles. The van der Waals surface area contributed by atoms with Crippen LogP contribution in [0.3, 0.4) is 0 Å². The molecule has 1 aromatic carbocycles. The van der Waals surface area contributed by atoms with Gasteiger partial charge in [-0.1, -0.05) is 6.92 Å². The minimum Gasteiger partial charge on any atom is -0.379 e. The van der Waals surface area contributed by atoms with Crippen LogP contribution in [0.15, 0.2) is 16.6 Å². The molecule has 0 radical (unpaired) electrons. The van der Waals surface area contributed by atoms with Crippen LogP contribution >= 0.6 is 15.9 Å². The van der Waals surface area contributed by atoms with Crippen molar-refractivity contribution >= 4 is 27.3 Å². The maximum Gasteiger partial charge on any atom is 0.295 e. The van der Waals surface area contributed by atoms with E-state index in [1.54, 1.807) is 0 Å². The Bertz CT molecular complexity index is 489. The topological polar surface area (TPSA) is 55.2 Å². The Kier molecular flexibility index (Phi) is 3.56. The molecule has 18 heavy (non-hydrogen) atoms. The monoisotopic (exact) mass is 316 g/mol. The number of nitro groups is 1. The van der Waals surface area contributed by atoms with Crippen LogP contribution in [0.25, 0.3) is 0 Å². The molecule has 6 heteroatoms. The molecule has 4 nitrogen and oxygen atoms in total. The second kappa shape index (κ2) is 4.84. The fourth-order valence-electron chi connectivity index (χ4n) is 1.94. The number of nitrogens with zero attached hydrogens (tertiary/aromatic N) is 1. The minimum atomic E-state index is -0.621. The maximum atomic E-state index is 13.3. The zero-order chi connectivity index (χ0) is 13.3. The van der Waals surface area contributed by atoms with E-state index >= 15 is 0 Å². The summed E-state index contributed by atoms with van der Waals surface area (Å²) in [6, 6.07) is 2.37. The highest BCUT2D eigenvalue weighted by atomic mass is 79.9. The highest BCUT2D eigenvalue weighted by Gasteiger charge is 2.40. The van der Waals surface area contributed by atoms with Gasteiger partial charge in [0, 0.05) is 6.54 Å². The van der Waals surface area contributed by atoms with Crippen molar-refractivity contribution in [2.45, 2.75) is 26.2 Å². The first kappa shape index (κ1) is 13.3. The molecule has 0 saturated heterocycles. The number of halogens is 2. The summed E-state index contributed by atoms with van der Waals surface area (Å²) in [5.41, 5.74) is 0.421. The van der Waals surface area contributed by atoms with Crippen LogP contribution in [0.2, 0.25) is 0 Å². The van der Waals surface area contributed by atoms with E-state index in [4.69, 9.17) is 0 Å². The number of nitrogens with one attached hydrogen (secondary N) is 1. The SMILES string of the molecule is CCC1(CNc2cc(Br)c(F)cc2[N+](=O)[O-])CC1. The molecule has 0 spiro atoms. The van der Waals surface area contributed by atoms with Gasteiger partial charge in [-0.25, -0.2) is 4.39 Å². The highest BCUT2D eigenvalue weighted by Crippen LogP contribution is 2.48. The number of benzene rings is 1. The zero-order valence-electron chi connectivity index (χ0n) is 10.0. The molecular weight excluding hydrogens is 303 g/mol. The molecule has 0 aromatic heterocycles. The summed E-state index contributed by atoms with van der Waals surface area (Å²) in [4.78, 5) is 10.3. The van der Waals surface area contributed by atoms with Crippen LogP contribution in [0, 0.1) is 21.3 Å². The normalized spacial score (nSPS) is 16.4. The molecule has 0 unspecified atom stereocenters. The van der Waals surface area contributed by atoms with E-state index in [1.165, 1.54) is 6.07 Å². The van der Waals surface area contributed by atoms with Crippen LogP contribution in [-0.2, 0) is 0 Å². The zero-order valence-corrected chi connectivity index (χ0v) is 11.6. The fourth-order valence-corrected chi connectivity index (χ4v) is 2.29. The number of hydrogen-bond donors (Lipinski definition) is 1. The lowest BCUT2D eigenvalue weighted by Crippen LogP contribution is -2.15. The standard InChI is InChI=1S/C12H14BrFN2O2/c1-2-12(3-4-12)7-15-10-5-8(13)9(14)6-11(10)16(17)18/h5-6,15H,2-4,7H2,1H3. The van der Waals surface area contributed by atoms with E-state index in [0.29, 0.717) is 12.2 Å². The molecule has 0 bridgehead atoms. The number of anilines is 1. The Balaban J connectivity index is 2.20. The average Bonchev–Trinajstić information content (AvgIpc) is 3.10. The molecule has 0 amide bonds. The molecule has 1 aliphatic rings. The van der Waals surface area contributed by atoms with E-state index in [-0.39, 0.29) is 15.6 Å². The summed E-state index contributed by atoms with van der Waals surface area (Å²) in [7, 11) is 0. The molecule has 0 atom stereocenters. The molecule has 1 N–H and O–H groups in total. The van der Waals surface area contributed by atoms with E-state index in [2.05, 4.69) is 28.2 Å². The Morgan fingerprint density at radius 1 is 1.56 bits per heavy atom. The Labute approximate surface area is 113 Å². The Hall–Kier alpha value is -1.17. The molecule has 1 aromatic rings. The van der Waals surface area contributed by atoms with Gasteiger partial charge in [0.05, 0.1) is 15.5 Å². The van der Waals surface area contributed by atoms with Crippen molar-refractivity contribution in [1.29, 1.82) is 0 Å². The van der Waals surface area contributed by atoms with Crippen LogP contribution in [-0.4, -0.2) is 11.5 Å². The lowest BCUT2D eigenvalue weighted by Gasteiger charge is -2.14. The first-order valence-corrected chi connectivity index (χ1v) is 6.64. The second-order valence-electron chi connectivity index (χ2n) is 4.75. The van der Waals surface area contributed by atoms with Crippen molar-refractivity contribution in [2.24, 2.45) is 5.41 Å². The van der Waals surface area contributed by atoms with Crippen LogP contribution in [0.4, 0.5) is 15.8 Å². The quantitative estimate of drug-likeness (QED) is 0.657. The molecule has 2 rings (SSSR count). The van der Waals surface area contributed by atoms with Crippen LogP contribution in [0.1, 0.15) is 26.2 Å². The van der Waals surface area contributed by atoms with Crippen molar-refractivity contribution in [2.75, 3.05) is 11.9 Å². The molecule has 0 aliphatic heterocycles. The first-order valence-electron chi connectivity index (χ1n) is 5.85. The van der Waals surface area contributed by atoms with Gasteiger partial charge < -0.3 is 5.32 Å². The first-order chi connectivity index (χ1) is 8.47. The van der Waals surface area contributed by atoms with Crippen LogP contribution < -0.4 is 5.32 Å². The van der Waals surface area contributed by atoms with E-state index in [1.807, 2.05) is 0 Å². The van der Waals surface area contributed by atoms with Gasteiger partial charge in [0.25, 0.3) is 5.69 Å². The predicted octanol–water partition coefficient (Wildman–Crippen LogP) is 4.10. The molecule has 0 heterocycles. The summed E-state index contributed by atoms with van der Waals surface area (Å²) in [5.74, 6) is -0.621. The second-order valence-corrected chi connectivity index (χ2v) is 5.60. The largest absolute Gasteiger partial charge is 0.379 e. The molecule has 1 aliphatic carbocycles. The van der Waals surface area contributed by atoms with Gasteiger partial charge in [0.1, 0.15) is 11.5 Å². The summed E-state index contributed by atoms with van der Waals surface area (Å²) < 4.78 is 13.5. The molecule has 98 valence electrons. The lowest BCUT2D eigenvalue weighted by molar-refractivity contribution is -0.384.